The van der Waals surface area contributed by atoms with Crippen LogP contribution < -0.4 is 5.32 Å². The lowest BCUT2D eigenvalue weighted by Crippen LogP contribution is -2.41. The van der Waals surface area contributed by atoms with Crippen molar-refractivity contribution in [2.24, 2.45) is 0 Å². The zero-order chi connectivity index (χ0) is 13.0. The Kier molecular flexibility index (Phi) is 3.82. The molecule has 0 aliphatic heterocycles. The highest BCUT2D eigenvalue weighted by Crippen LogP contribution is 2.22. The van der Waals surface area contributed by atoms with Crippen LogP contribution in [0, 0.1) is 0 Å². The fraction of sp³-hybridized carbons (Fsp3) is 0.400. The number of hydrogen-bond donors (Lipinski definition) is 2. The molecule has 2 aromatic rings. The second kappa shape index (κ2) is 5.36. The molecule has 0 bridgehead atoms. The lowest BCUT2D eigenvalue weighted by Gasteiger charge is -2.31. The smallest absolute Gasteiger partial charge is 0.127 e. The van der Waals surface area contributed by atoms with Crippen molar-refractivity contribution in [1.29, 1.82) is 0 Å². The summed E-state index contributed by atoms with van der Waals surface area (Å²) in [6, 6.07) is 12.1. The number of pyridine rings is 1. The summed E-state index contributed by atoms with van der Waals surface area (Å²) in [4.78, 5) is 4.58. The Labute approximate surface area is 108 Å². The topological polar surface area (TPSA) is 45.1 Å². The van der Waals surface area contributed by atoms with Gasteiger partial charge in [0.2, 0.25) is 0 Å². The average Bonchev–Trinajstić information content (AvgIpc) is 2.45. The second-order valence-electron chi connectivity index (χ2n) is 4.66. The van der Waals surface area contributed by atoms with E-state index in [-0.39, 0.29) is 12.1 Å². The first kappa shape index (κ1) is 12.8. The lowest BCUT2D eigenvalue weighted by molar-refractivity contribution is 0.202. The first-order valence-corrected chi connectivity index (χ1v) is 6.48. The minimum absolute atomic E-state index is 0.120. The number of fused-ring (bicyclic) bond motifs is 1. The van der Waals surface area contributed by atoms with Crippen molar-refractivity contribution in [3.8, 4) is 0 Å². The molecule has 1 aromatic heterocycles. The molecule has 0 saturated heterocycles. The lowest BCUT2D eigenvalue weighted by atomic mass is 9.94. The minimum atomic E-state index is -0.268. The molecule has 0 aliphatic carbocycles. The number of aromatic nitrogens is 1. The highest BCUT2D eigenvalue weighted by molar-refractivity contribution is 5.80. The molecule has 18 heavy (non-hydrogen) atoms. The quantitative estimate of drug-likeness (QED) is 0.849. The van der Waals surface area contributed by atoms with Gasteiger partial charge in [0.25, 0.3) is 0 Å². The Bertz CT molecular complexity index is 512. The Morgan fingerprint density at radius 3 is 2.50 bits per heavy atom. The predicted molar refractivity (Wildman–Crippen MR) is 75.8 cm³/mol. The van der Waals surface area contributed by atoms with Gasteiger partial charge in [0.15, 0.2) is 0 Å². The van der Waals surface area contributed by atoms with Gasteiger partial charge in [-0.05, 0) is 31.0 Å². The van der Waals surface area contributed by atoms with Crippen LogP contribution in [0.3, 0.4) is 0 Å². The van der Waals surface area contributed by atoms with Crippen LogP contribution in [0.2, 0.25) is 0 Å². The third kappa shape index (κ3) is 2.46. The van der Waals surface area contributed by atoms with E-state index in [9.17, 15) is 5.11 Å². The number of nitrogens with zero attached hydrogens (tertiary/aromatic N) is 1. The molecule has 0 fully saturated rings. The molecule has 0 atom stereocenters. The van der Waals surface area contributed by atoms with E-state index >= 15 is 0 Å². The van der Waals surface area contributed by atoms with Gasteiger partial charge in [0.1, 0.15) is 5.82 Å². The minimum Gasteiger partial charge on any atom is -0.394 e. The highest BCUT2D eigenvalue weighted by atomic mass is 16.3. The van der Waals surface area contributed by atoms with Crippen LogP contribution in [0.5, 0.6) is 0 Å². The van der Waals surface area contributed by atoms with Gasteiger partial charge in [-0.15, -0.1) is 0 Å². The van der Waals surface area contributed by atoms with Crippen molar-refractivity contribution < 1.29 is 5.11 Å². The summed E-state index contributed by atoms with van der Waals surface area (Å²) in [5.41, 5.74) is 0.705. The van der Waals surface area contributed by atoms with Gasteiger partial charge in [-0.2, -0.15) is 0 Å². The van der Waals surface area contributed by atoms with Crippen molar-refractivity contribution in [2.75, 3.05) is 11.9 Å². The van der Waals surface area contributed by atoms with Crippen molar-refractivity contribution in [3.63, 3.8) is 0 Å². The summed E-state index contributed by atoms with van der Waals surface area (Å²) in [7, 11) is 0. The predicted octanol–water partition coefficient (Wildman–Crippen LogP) is 3.20. The van der Waals surface area contributed by atoms with E-state index in [2.05, 4.69) is 30.2 Å². The zero-order valence-corrected chi connectivity index (χ0v) is 11.0. The van der Waals surface area contributed by atoms with Crippen LogP contribution in [0.1, 0.15) is 26.7 Å². The molecule has 0 spiro atoms. The van der Waals surface area contributed by atoms with E-state index in [4.69, 9.17) is 0 Å². The molecule has 0 unspecified atom stereocenters. The second-order valence-corrected chi connectivity index (χ2v) is 4.66. The molecule has 3 nitrogen and oxygen atoms in total. The average molecular weight is 244 g/mol. The van der Waals surface area contributed by atoms with Gasteiger partial charge in [0, 0.05) is 5.39 Å². The Morgan fingerprint density at radius 2 is 1.83 bits per heavy atom. The van der Waals surface area contributed by atoms with Crippen molar-refractivity contribution in [1.82, 2.24) is 4.98 Å². The molecule has 0 radical (unpaired) electrons. The third-order valence-electron chi connectivity index (χ3n) is 3.65. The normalized spacial score (nSPS) is 11.7. The fourth-order valence-corrected chi connectivity index (χ4v) is 2.10. The molecule has 3 heteroatoms. The van der Waals surface area contributed by atoms with E-state index < -0.39 is 0 Å². The molecule has 0 amide bonds. The van der Waals surface area contributed by atoms with Gasteiger partial charge < -0.3 is 10.4 Å². The van der Waals surface area contributed by atoms with E-state index in [0.717, 1.165) is 29.6 Å². The van der Waals surface area contributed by atoms with Gasteiger partial charge in [-0.25, -0.2) is 4.98 Å². The van der Waals surface area contributed by atoms with E-state index in [1.54, 1.807) is 0 Å². The summed E-state index contributed by atoms with van der Waals surface area (Å²) in [6.07, 6.45) is 1.74. The van der Waals surface area contributed by atoms with E-state index in [1.165, 1.54) is 0 Å². The molecule has 0 aliphatic rings. The summed E-state index contributed by atoms with van der Waals surface area (Å²) in [5.74, 6) is 0.825. The van der Waals surface area contributed by atoms with Crippen LogP contribution in [0.15, 0.2) is 36.4 Å². The number of benzene rings is 1. The first-order chi connectivity index (χ1) is 8.73. The standard InChI is InChI=1S/C15H20N2O/c1-3-15(4-2,11-18)17-14-10-9-12-7-5-6-8-13(12)16-14/h5-10,18H,3-4,11H2,1-2H3,(H,16,17). The molecule has 2 rings (SSSR count). The monoisotopic (exact) mass is 244 g/mol. The first-order valence-electron chi connectivity index (χ1n) is 6.48. The van der Waals surface area contributed by atoms with E-state index in [0.29, 0.717) is 0 Å². The van der Waals surface area contributed by atoms with Crippen molar-refractivity contribution in [2.45, 2.75) is 32.2 Å². The Hall–Kier alpha value is -1.61. The van der Waals surface area contributed by atoms with Crippen molar-refractivity contribution in [3.05, 3.63) is 36.4 Å². The number of aliphatic hydroxyl groups excluding tert-OH is 1. The maximum Gasteiger partial charge on any atom is 0.127 e. The van der Waals surface area contributed by atoms with Crippen LogP contribution in [-0.4, -0.2) is 22.2 Å². The summed E-state index contributed by atoms with van der Waals surface area (Å²) in [6.45, 7) is 4.27. The van der Waals surface area contributed by atoms with Gasteiger partial charge in [0.05, 0.1) is 17.7 Å². The van der Waals surface area contributed by atoms with E-state index in [1.807, 2.05) is 30.3 Å². The molecule has 1 aromatic carbocycles. The summed E-state index contributed by atoms with van der Waals surface area (Å²) < 4.78 is 0. The fourth-order valence-electron chi connectivity index (χ4n) is 2.10. The number of rotatable bonds is 5. The molecular formula is C15H20N2O. The van der Waals surface area contributed by atoms with Crippen molar-refractivity contribution >= 4 is 16.7 Å². The highest BCUT2D eigenvalue weighted by Gasteiger charge is 2.25. The number of nitrogens with one attached hydrogen (secondary N) is 1. The SMILES string of the molecule is CCC(CC)(CO)Nc1ccc2ccccc2n1. The van der Waals surface area contributed by atoms with Gasteiger partial charge >= 0.3 is 0 Å². The third-order valence-corrected chi connectivity index (χ3v) is 3.65. The van der Waals surface area contributed by atoms with Gasteiger partial charge in [-0.1, -0.05) is 32.0 Å². The molecule has 2 N–H and O–H groups in total. The molecule has 1 heterocycles. The summed E-state index contributed by atoms with van der Waals surface area (Å²) >= 11 is 0. The zero-order valence-electron chi connectivity index (χ0n) is 11.0. The van der Waals surface area contributed by atoms with Crippen LogP contribution >= 0.6 is 0 Å². The molecular weight excluding hydrogens is 224 g/mol. The van der Waals surface area contributed by atoms with Gasteiger partial charge in [-0.3, -0.25) is 0 Å². The van der Waals surface area contributed by atoms with Crippen LogP contribution in [0.25, 0.3) is 10.9 Å². The number of aliphatic hydroxyl groups is 1. The largest absolute Gasteiger partial charge is 0.394 e. The maximum absolute atomic E-state index is 9.56. The Morgan fingerprint density at radius 1 is 1.11 bits per heavy atom. The van der Waals surface area contributed by atoms with Crippen LogP contribution in [-0.2, 0) is 0 Å². The van der Waals surface area contributed by atoms with Crippen LogP contribution in [0.4, 0.5) is 5.82 Å². The Balaban J connectivity index is 2.31. The number of anilines is 1. The maximum atomic E-state index is 9.56. The molecule has 96 valence electrons. The molecule has 0 saturated carbocycles. The number of para-hydroxylation sites is 1. The summed E-state index contributed by atoms with van der Waals surface area (Å²) in [5, 5.41) is 14.1. The number of hydrogen-bond acceptors (Lipinski definition) is 3.